The standard InChI is InChI=1S/C22H25BFNO3/c1-14-11-17(23-27-21(2,3)22(4,5)28-23)10-9-15(14)12-25-13-16-7-6-8-18(24)19(16)20(25)26/h6-11H,12-13H2,1-5H3. The third kappa shape index (κ3) is 3.05. The van der Waals surface area contributed by atoms with E-state index in [1.807, 2.05) is 58.9 Å². The normalized spacial score (nSPS) is 20.0. The minimum Gasteiger partial charge on any atom is -0.399 e. The zero-order valence-electron chi connectivity index (χ0n) is 17.0. The topological polar surface area (TPSA) is 38.8 Å². The average Bonchev–Trinajstić information content (AvgIpc) is 3.03. The van der Waals surface area contributed by atoms with Crippen molar-refractivity contribution in [3.05, 3.63) is 64.5 Å². The molecule has 2 aromatic rings. The van der Waals surface area contributed by atoms with Crippen LogP contribution in [0.3, 0.4) is 0 Å². The second-order valence-corrected chi connectivity index (χ2v) is 8.71. The number of aryl methyl sites for hydroxylation is 1. The Bertz CT molecular complexity index is 941. The van der Waals surface area contributed by atoms with E-state index in [0.717, 1.165) is 22.2 Å². The number of hydrogen-bond donors (Lipinski definition) is 0. The molecular formula is C22H25BFNO3. The minimum absolute atomic E-state index is 0.203. The van der Waals surface area contributed by atoms with Gasteiger partial charge in [0.2, 0.25) is 0 Å². The summed E-state index contributed by atoms with van der Waals surface area (Å²) in [4.78, 5) is 14.3. The highest BCUT2D eigenvalue weighted by atomic mass is 19.1. The average molecular weight is 381 g/mol. The number of carbonyl (C=O) groups is 1. The molecule has 2 aliphatic rings. The summed E-state index contributed by atoms with van der Waals surface area (Å²) in [5.41, 5.74) is 3.22. The molecule has 0 N–H and O–H groups in total. The van der Waals surface area contributed by atoms with Crippen molar-refractivity contribution in [1.29, 1.82) is 0 Å². The second-order valence-electron chi connectivity index (χ2n) is 8.71. The lowest BCUT2D eigenvalue weighted by molar-refractivity contribution is 0.00578. The van der Waals surface area contributed by atoms with E-state index in [9.17, 15) is 9.18 Å². The molecule has 2 aromatic carbocycles. The third-order valence-corrected chi connectivity index (χ3v) is 6.22. The number of amides is 1. The fourth-order valence-electron chi connectivity index (χ4n) is 3.73. The first-order valence-corrected chi connectivity index (χ1v) is 9.61. The first kappa shape index (κ1) is 19.2. The number of halogens is 1. The van der Waals surface area contributed by atoms with Crippen LogP contribution in [0.5, 0.6) is 0 Å². The van der Waals surface area contributed by atoms with Crippen molar-refractivity contribution >= 4 is 18.5 Å². The van der Waals surface area contributed by atoms with Crippen molar-refractivity contribution in [1.82, 2.24) is 4.90 Å². The van der Waals surface area contributed by atoms with Gasteiger partial charge < -0.3 is 14.2 Å². The Kier molecular flexibility index (Phi) is 4.40. The summed E-state index contributed by atoms with van der Waals surface area (Å²) in [6.07, 6.45) is 0. The fourth-order valence-corrected chi connectivity index (χ4v) is 3.73. The van der Waals surface area contributed by atoms with Gasteiger partial charge in [0, 0.05) is 13.1 Å². The van der Waals surface area contributed by atoms with Gasteiger partial charge >= 0.3 is 7.12 Å². The van der Waals surface area contributed by atoms with Crippen LogP contribution in [0.4, 0.5) is 4.39 Å². The van der Waals surface area contributed by atoms with Gasteiger partial charge in [-0.25, -0.2) is 4.39 Å². The Balaban J connectivity index is 1.53. The van der Waals surface area contributed by atoms with Crippen LogP contribution in [0.25, 0.3) is 0 Å². The SMILES string of the molecule is Cc1cc(B2OC(C)(C)C(C)(C)O2)ccc1CN1Cc2cccc(F)c2C1=O. The first-order valence-electron chi connectivity index (χ1n) is 9.61. The molecule has 4 nitrogen and oxygen atoms in total. The molecule has 0 radical (unpaired) electrons. The summed E-state index contributed by atoms with van der Waals surface area (Å²) < 4.78 is 26.3. The van der Waals surface area contributed by atoms with Crippen molar-refractivity contribution < 1.29 is 18.5 Å². The van der Waals surface area contributed by atoms with Gasteiger partial charge in [-0.1, -0.05) is 30.3 Å². The molecule has 0 bridgehead atoms. The lowest BCUT2D eigenvalue weighted by Gasteiger charge is -2.32. The molecule has 146 valence electrons. The predicted octanol–water partition coefficient (Wildman–Crippen LogP) is 3.59. The molecule has 1 fully saturated rings. The fraction of sp³-hybridized carbons (Fsp3) is 0.409. The van der Waals surface area contributed by atoms with Gasteiger partial charge in [-0.05, 0) is 62.8 Å². The number of fused-ring (bicyclic) bond motifs is 1. The first-order chi connectivity index (χ1) is 13.1. The van der Waals surface area contributed by atoms with Crippen LogP contribution in [0.15, 0.2) is 36.4 Å². The molecule has 0 saturated carbocycles. The Labute approximate surface area is 165 Å². The molecule has 28 heavy (non-hydrogen) atoms. The van der Waals surface area contributed by atoms with Crippen LogP contribution in [-0.4, -0.2) is 29.1 Å². The lowest BCUT2D eigenvalue weighted by atomic mass is 9.78. The van der Waals surface area contributed by atoms with E-state index >= 15 is 0 Å². The molecule has 0 aromatic heterocycles. The van der Waals surface area contributed by atoms with E-state index < -0.39 is 12.9 Å². The number of benzene rings is 2. The Morgan fingerprint density at radius 1 is 1.11 bits per heavy atom. The molecule has 2 heterocycles. The van der Waals surface area contributed by atoms with Crippen LogP contribution in [0.1, 0.15) is 54.7 Å². The minimum atomic E-state index is -0.446. The maximum absolute atomic E-state index is 14.0. The number of hydrogen-bond acceptors (Lipinski definition) is 3. The van der Waals surface area contributed by atoms with Gasteiger partial charge in [0.1, 0.15) is 5.82 Å². The van der Waals surface area contributed by atoms with Gasteiger partial charge in [0.05, 0.1) is 16.8 Å². The quantitative estimate of drug-likeness (QED) is 0.763. The van der Waals surface area contributed by atoms with Crippen LogP contribution in [0, 0.1) is 12.7 Å². The van der Waals surface area contributed by atoms with Gasteiger partial charge in [0.15, 0.2) is 0 Å². The van der Waals surface area contributed by atoms with Gasteiger partial charge in [-0.15, -0.1) is 0 Å². The summed E-state index contributed by atoms with van der Waals surface area (Å²) in [5.74, 6) is -0.694. The van der Waals surface area contributed by atoms with Crippen molar-refractivity contribution in [2.75, 3.05) is 0 Å². The highest BCUT2D eigenvalue weighted by Crippen LogP contribution is 2.36. The van der Waals surface area contributed by atoms with E-state index in [2.05, 4.69) is 0 Å². The van der Waals surface area contributed by atoms with Gasteiger partial charge in [-0.3, -0.25) is 4.79 Å². The Hall–Kier alpha value is -2.18. The monoisotopic (exact) mass is 381 g/mol. The third-order valence-electron chi connectivity index (χ3n) is 6.22. The largest absolute Gasteiger partial charge is 0.494 e. The zero-order valence-corrected chi connectivity index (χ0v) is 17.0. The molecule has 1 amide bonds. The van der Waals surface area contributed by atoms with Crippen molar-refractivity contribution in [3.63, 3.8) is 0 Å². The van der Waals surface area contributed by atoms with E-state index in [1.165, 1.54) is 6.07 Å². The molecule has 0 spiro atoms. The number of rotatable bonds is 3. The van der Waals surface area contributed by atoms with Crippen molar-refractivity contribution in [2.45, 2.75) is 58.9 Å². The summed E-state index contributed by atoms with van der Waals surface area (Å²) in [6, 6.07) is 10.8. The Morgan fingerprint density at radius 3 is 2.39 bits per heavy atom. The highest BCUT2D eigenvalue weighted by Gasteiger charge is 2.51. The van der Waals surface area contributed by atoms with Gasteiger partial charge in [0.25, 0.3) is 5.91 Å². The molecule has 1 saturated heterocycles. The van der Waals surface area contributed by atoms with Crippen molar-refractivity contribution in [2.24, 2.45) is 0 Å². The summed E-state index contributed by atoms with van der Waals surface area (Å²) in [6.45, 7) is 11.0. The number of nitrogens with zero attached hydrogens (tertiary/aromatic N) is 1. The van der Waals surface area contributed by atoms with Crippen LogP contribution < -0.4 is 5.46 Å². The Morgan fingerprint density at radius 2 is 1.79 bits per heavy atom. The van der Waals surface area contributed by atoms with Crippen LogP contribution >= 0.6 is 0 Å². The maximum atomic E-state index is 14.0. The van der Waals surface area contributed by atoms with E-state index in [1.54, 1.807) is 11.0 Å². The molecule has 0 atom stereocenters. The molecule has 0 unspecified atom stereocenters. The molecular weight excluding hydrogens is 356 g/mol. The van der Waals surface area contributed by atoms with E-state index in [4.69, 9.17) is 9.31 Å². The van der Waals surface area contributed by atoms with Crippen molar-refractivity contribution in [3.8, 4) is 0 Å². The predicted molar refractivity (Wildman–Crippen MR) is 107 cm³/mol. The molecule has 4 rings (SSSR count). The summed E-state index contributed by atoms with van der Waals surface area (Å²) in [5, 5.41) is 0. The van der Waals surface area contributed by atoms with Crippen LogP contribution in [0.2, 0.25) is 0 Å². The van der Waals surface area contributed by atoms with E-state index in [-0.39, 0.29) is 22.7 Å². The zero-order chi connectivity index (χ0) is 20.3. The molecule has 0 aliphatic carbocycles. The molecule has 6 heteroatoms. The summed E-state index contributed by atoms with van der Waals surface area (Å²) >= 11 is 0. The van der Waals surface area contributed by atoms with Gasteiger partial charge in [-0.2, -0.15) is 0 Å². The van der Waals surface area contributed by atoms with E-state index in [0.29, 0.717) is 13.1 Å². The highest BCUT2D eigenvalue weighted by molar-refractivity contribution is 6.62. The maximum Gasteiger partial charge on any atom is 0.494 e. The number of carbonyl (C=O) groups excluding carboxylic acids is 1. The second kappa shape index (κ2) is 6.43. The summed E-state index contributed by atoms with van der Waals surface area (Å²) in [7, 11) is -0.412. The lowest BCUT2D eigenvalue weighted by Crippen LogP contribution is -2.41. The van der Waals surface area contributed by atoms with Crippen LogP contribution in [-0.2, 0) is 22.4 Å². The smallest absolute Gasteiger partial charge is 0.399 e. The molecule has 2 aliphatic heterocycles.